The quantitative estimate of drug-likeness (QED) is 0.820. The molecule has 1 atom stereocenters. The molecule has 0 saturated carbocycles. The van der Waals surface area contributed by atoms with Gasteiger partial charge in [0, 0.05) is 31.9 Å². The summed E-state index contributed by atoms with van der Waals surface area (Å²) in [6, 6.07) is 3.91. The summed E-state index contributed by atoms with van der Waals surface area (Å²) >= 11 is 0. The molecule has 1 aromatic rings. The summed E-state index contributed by atoms with van der Waals surface area (Å²) in [6.07, 6.45) is 3.03. The highest BCUT2D eigenvalue weighted by Gasteiger charge is 2.23. The summed E-state index contributed by atoms with van der Waals surface area (Å²) in [5.74, 6) is 0.696. The first-order valence-electron chi connectivity index (χ1n) is 5.70. The molecule has 1 fully saturated rings. The zero-order valence-electron chi connectivity index (χ0n) is 9.59. The predicted octanol–water partition coefficient (Wildman–Crippen LogP) is 0.835. The molecule has 1 aliphatic heterocycles. The lowest BCUT2D eigenvalue weighted by atomic mass is 10.3. The number of ether oxygens (including phenoxy) is 1. The van der Waals surface area contributed by atoms with Crippen LogP contribution in [0.3, 0.4) is 0 Å². The van der Waals surface area contributed by atoms with E-state index in [1.54, 1.807) is 0 Å². The van der Waals surface area contributed by atoms with E-state index in [1.807, 2.05) is 25.3 Å². The molecule has 1 aromatic heterocycles. The maximum absolute atomic E-state index is 8.84. The smallest absolute Gasteiger partial charge is 0.213 e. The maximum Gasteiger partial charge on any atom is 0.213 e. The van der Waals surface area contributed by atoms with Crippen molar-refractivity contribution in [1.29, 1.82) is 0 Å². The molecular formula is C12H18N2O2. The van der Waals surface area contributed by atoms with E-state index in [0.717, 1.165) is 31.6 Å². The summed E-state index contributed by atoms with van der Waals surface area (Å²) in [4.78, 5) is 6.43. The van der Waals surface area contributed by atoms with E-state index < -0.39 is 0 Å². The van der Waals surface area contributed by atoms with Gasteiger partial charge in [-0.25, -0.2) is 4.98 Å². The zero-order valence-corrected chi connectivity index (χ0v) is 9.59. The Hall–Kier alpha value is -1.13. The molecule has 0 aliphatic carbocycles. The predicted molar refractivity (Wildman–Crippen MR) is 61.5 cm³/mol. The molecule has 1 unspecified atom stereocenters. The summed E-state index contributed by atoms with van der Waals surface area (Å²) < 4.78 is 5.77. The molecule has 1 N–H and O–H groups in total. The molecule has 4 nitrogen and oxygen atoms in total. The van der Waals surface area contributed by atoms with Gasteiger partial charge in [-0.05, 0) is 18.9 Å². The second-order valence-electron chi connectivity index (χ2n) is 4.23. The number of aliphatic hydroxyl groups is 1. The molecule has 0 amide bonds. The Labute approximate surface area is 95.9 Å². The van der Waals surface area contributed by atoms with Gasteiger partial charge in [-0.3, -0.25) is 4.90 Å². The Kier molecular flexibility index (Phi) is 3.74. The number of β-amino-alcohol motifs (C(OH)–C–C–N with tert-alkyl or cyclic N) is 1. The van der Waals surface area contributed by atoms with Crippen LogP contribution < -0.4 is 4.74 Å². The van der Waals surface area contributed by atoms with Crippen molar-refractivity contribution < 1.29 is 9.84 Å². The van der Waals surface area contributed by atoms with Gasteiger partial charge in [0.2, 0.25) is 5.88 Å². The molecule has 0 radical (unpaired) electrons. The Morgan fingerprint density at radius 3 is 3.12 bits per heavy atom. The van der Waals surface area contributed by atoms with Crippen LogP contribution in [-0.4, -0.2) is 47.3 Å². The van der Waals surface area contributed by atoms with Crippen molar-refractivity contribution in [2.45, 2.75) is 19.4 Å². The molecule has 4 heteroatoms. The third-order valence-electron chi connectivity index (χ3n) is 2.82. The first-order chi connectivity index (χ1) is 7.78. The fourth-order valence-electron chi connectivity index (χ4n) is 1.93. The van der Waals surface area contributed by atoms with Gasteiger partial charge < -0.3 is 9.84 Å². The zero-order chi connectivity index (χ0) is 11.4. The minimum atomic E-state index is 0.210. The van der Waals surface area contributed by atoms with Crippen LogP contribution in [0, 0.1) is 6.92 Å². The molecule has 1 aliphatic rings. The van der Waals surface area contributed by atoms with Crippen molar-refractivity contribution in [2.75, 3.05) is 26.2 Å². The van der Waals surface area contributed by atoms with Crippen molar-refractivity contribution in [3.63, 3.8) is 0 Å². The van der Waals surface area contributed by atoms with Gasteiger partial charge in [-0.15, -0.1) is 0 Å². The lowest BCUT2D eigenvalue weighted by Gasteiger charge is -2.15. The second kappa shape index (κ2) is 5.27. The van der Waals surface area contributed by atoms with Gasteiger partial charge in [0.05, 0.1) is 6.61 Å². The third kappa shape index (κ3) is 2.93. The normalized spacial score (nSPS) is 21.2. The van der Waals surface area contributed by atoms with E-state index in [2.05, 4.69) is 9.88 Å². The summed E-state index contributed by atoms with van der Waals surface area (Å²) in [6.45, 7) is 4.85. The highest BCUT2D eigenvalue weighted by molar-refractivity contribution is 5.16. The molecule has 2 heterocycles. The number of hydrogen-bond donors (Lipinski definition) is 1. The Morgan fingerprint density at radius 1 is 1.56 bits per heavy atom. The Bertz CT molecular complexity index is 326. The third-order valence-corrected chi connectivity index (χ3v) is 2.82. The number of aliphatic hydroxyl groups excluding tert-OH is 1. The lowest BCUT2D eigenvalue weighted by molar-refractivity contribution is 0.176. The fourth-order valence-corrected chi connectivity index (χ4v) is 1.93. The number of aryl methyl sites for hydroxylation is 1. The molecule has 0 bridgehead atoms. The van der Waals surface area contributed by atoms with E-state index >= 15 is 0 Å². The molecule has 16 heavy (non-hydrogen) atoms. The van der Waals surface area contributed by atoms with Crippen molar-refractivity contribution in [2.24, 2.45) is 0 Å². The average Bonchev–Trinajstić information content (AvgIpc) is 2.70. The minimum absolute atomic E-state index is 0.210. The van der Waals surface area contributed by atoms with Gasteiger partial charge in [-0.2, -0.15) is 0 Å². The molecule has 88 valence electrons. The highest BCUT2D eigenvalue weighted by atomic mass is 16.5. The SMILES string of the molecule is Cc1ccc(OC2CCN(CCO)C2)nc1. The monoisotopic (exact) mass is 222 g/mol. The molecule has 0 spiro atoms. The maximum atomic E-state index is 8.84. The van der Waals surface area contributed by atoms with Crippen LogP contribution in [0.2, 0.25) is 0 Å². The van der Waals surface area contributed by atoms with Crippen LogP contribution in [0.4, 0.5) is 0 Å². The highest BCUT2D eigenvalue weighted by Crippen LogP contribution is 2.16. The van der Waals surface area contributed by atoms with Gasteiger partial charge in [0.15, 0.2) is 0 Å². The van der Waals surface area contributed by atoms with E-state index in [-0.39, 0.29) is 12.7 Å². The standard InChI is InChI=1S/C12H18N2O2/c1-10-2-3-12(13-8-10)16-11-4-5-14(9-11)6-7-15/h2-3,8,11,15H,4-7,9H2,1H3. The molecule has 2 rings (SSSR count). The minimum Gasteiger partial charge on any atom is -0.473 e. The summed E-state index contributed by atoms with van der Waals surface area (Å²) in [5, 5.41) is 8.84. The van der Waals surface area contributed by atoms with Crippen molar-refractivity contribution in [3.8, 4) is 5.88 Å². The first-order valence-corrected chi connectivity index (χ1v) is 5.70. The van der Waals surface area contributed by atoms with Crippen molar-refractivity contribution in [1.82, 2.24) is 9.88 Å². The van der Waals surface area contributed by atoms with Crippen LogP contribution in [0.5, 0.6) is 5.88 Å². The number of likely N-dealkylation sites (tertiary alicyclic amines) is 1. The topological polar surface area (TPSA) is 45.6 Å². The van der Waals surface area contributed by atoms with E-state index in [4.69, 9.17) is 9.84 Å². The largest absolute Gasteiger partial charge is 0.473 e. The fraction of sp³-hybridized carbons (Fsp3) is 0.583. The first kappa shape index (κ1) is 11.4. The van der Waals surface area contributed by atoms with Crippen molar-refractivity contribution in [3.05, 3.63) is 23.9 Å². The average molecular weight is 222 g/mol. The molecule has 1 saturated heterocycles. The molecular weight excluding hydrogens is 204 g/mol. The van der Waals surface area contributed by atoms with E-state index in [0.29, 0.717) is 5.88 Å². The Balaban J connectivity index is 1.84. The lowest BCUT2D eigenvalue weighted by Crippen LogP contribution is -2.27. The number of rotatable bonds is 4. The summed E-state index contributed by atoms with van der Waals surface area (Å²) in [7, 11) is 0. The van der Waals surface area contributed by atoms with Crippen molar-refractivity contribution >= 4 is 0 Å². The van der Waals surface area contributed by atoms with E-state index in [9.17, 15) is 0 Å². The number of hydrogen-bond acceptors (Lipinski definition) is 4. The number of nitrogens with zero attached hydrogens (tertiary/aromatic N) is 2. The van der Waals surface area contributed by atoms with Gasteiger partial charge in [-0.1, -0.05) is 6.07 Å². The second-order valence-corrected chi connectivity index (χ2v) is 4.23. The Morgan fingerprint density at radius 2 is 2.44 bits per heavy atom. The van der Waals surface area contributed by atoms with Gasteiger partial charge >= 0.3 is 0 Å². The van der Waals surface area contributed by atoms with Crippen LogP contribution in [0.25, 0.3) is 0 Å². The van der Waals surface area contributed by atoms with Crippen LogP contribution in [0.1, 0.15) is 12.0 Å². The van der Waals surface area contributed by atoms with Gasteiger partial charge in [0.1, 0.15) is 6.10 Å². The van der Waals surface area contributed by atoms with E-state index in [1.165, 1.54) is 0 Å². The van der Waals surface area contributed by atoms with Crippen LogP contribution >= 0.6 is 0 Å². The van der Waals surface area contributed by atoms with Crippen LogP contribution in [0.15, 0.2) is 18.3 Å². The number of pyridine rings is 1. The van der Waals surface area contributed by atoms with Crippen LogP contribution in [-0.2, 0) is 0 Å². The summed E-state index contributed by atoms with van der Waals surface area (Å²) in [5.41, 5.74) is 1.14. The van der Waals surface area contributed by atoms with Gasteiger partial charge in [0.25, 0.3) is 0 Å². The number of aromatic nitrogens is 1. The molecule has 0 aromatic carbocycles.